The lowest BCUT2D eigenvalue weighted by Crippen LogP contribution is -2.32. The number of hydrogen-bond donors (Lipinski definition) is 1. The van der Waals surface area contributed by atoms with Crippen molar-refractivity contribution >= 4 is 21.4 Å². The van der Waals surface area contributed by atoms with Crippen LogP contribution in [0.2, 0.25) is 0 Å². The van der Waals surface area contributed by atoms with E-state index in [0.29, 0.717) is 5.69 Å². The zero-order valence-corrected chi connectivity index (χ0v) is 18.2. The summed E-state index contributed by atoms with van der Waals surface area (Å²) >= 11 is 0. The SMILES string of the molecule is CCN(c1ccc(C)c(N2CCCNCC2)c1)S(=O)(=O)c1ccc2c(c1)OC(F)(F)O2. The molecule has 0 bridgehead atoms. The molecule has 2 aliphatic heterocycles. The Morgan fingerprint density at radius 3 is 2.65 bits per heavy atom. The summed E-state index contributed by atoms with van der Waals surface area (Å²) in [5.41, 5.74) is 2.56. The molecule has 2 heterocycles. The Kier molecular flexibility index (Phi) is 5.69. The van der Waals surface area contributed by atoms with E-state index in [2.05, 4.69) is 19.7 Å². The standard InChI is InChI=1S/C21H25F2N3O4S/c1-3-26(16-6-5-15(2)18(13-16)25-11-4-9-24-10-12-25)31(27,28)17-7-8-19-20(14-17)30-21(22,23)29-19/h5-8,13-14,24H,3-4,9-12H2,1-2H3. The van der Waals surface area contributed by atoms with Crippen molar-refractivity contribution in [3.63, 3.8) is 0 Å². The van der Waals surface area contributed by atoms with E-state index < -0.39 is 16.3 Å². The van der Waals surface area contributed by atoms with Crippen molar-refractivity contribution < 1.29 is 26.7 Å². The van der Waals surface area contributed by atoms with Crippen molar-refractivity contribution in [2.45, 2.75) is 31.5 Å². The molecule has 2 aromatic rings. The van der Waals surface area contributed by atoms with Crippen LogP contribution in [0.15, 0.2) is 41.3 Å². The van der Waals surface area contributed by atoms with Gasteiger partial charge in [-0.15, -0.1) is 8.78 Å². The molecule has 0 saturated carbocycles. The minimum absolute atomic E-state index is 0.143. The van der Waals surface area contributed by atoms with E-state index in [1.54, 1.807) is 13.0 Å². The first kappa shape index (κ1) is 21.6. The normalized spacial score (nSPS) is 18.0. The maximum atomic E-state index is 13.4. The monoisotopic (exact) mass is 453 g/mol. The molecule has 0 spiro atoms. The van der Waals surface area contributed by atoms with Crippen molar-refractivity contribution in [2.24, 2.45) is 0 Å². The van der Waals surface area contributed by atoms with E-state index in [0.717, 1.165) is 49.9 Å². The fourth-order valence-corrected chi connectivity index (χ4v) is 5.37. The van der Waals surface area contributed by atoms with Crippen molar-refractivity contribution in [1.29, 1.82) is 0 Å². The molecular weight excluding hydrogens is 428 g/mol. The zero-order chi connectivity index (χ0) is 22.2. The predicted octanol–water partition coefficient (Wildman–Crippen LogP) is 3.33. The van der Waals surface area contributed by atoms with Crippen LogP contribution in [0, 0.1) is 6.92 Å². The van der Waals surface area contributed by atoms with Crippen LogP contribution in [0.1, 0.15) is 18.9 Å². The highest BCUT2D eigenvalue weighted by Crippen LogP contribution is 2.42. The second kappa shape index (κ2) is 8.16. The molecule has 10 heteroatoms. The molecule has 1 fully saturated rings. The number of halogens is 2. The Morgan fingerprint density at radius 1 is 1.10 bits per heavy atom. The van der Waals surface area contributed by atoms with Crippen LogP contribution < -0.4 is 24.0 Å². The molecule has 7 nitrogen and oxygen atoms in total. The fourth-order valence-electron chi connectivity index (χ4n) is 3.89. The first-order chi connectivity index (χ1) is 14.7. The first-order valence-electron chi connectivity index (χ1n) is 10.2. The second-order valence-electron chi connectivity index (χ2n) is 7.51. The Bertz CT molecular complexity index is 1070. The van der Waals surface area contributed by atoms with E-state index in [-0.39, 0.29) is 22.9 Å². The number of anilines is 2. The maximum absolute atomic E-state index is 13.4. The average Bonchev–Trinajstić information content (AvgIpc) is 2.87. The third-order valence-electron chi connectivity index (χ3n) is 5.41. The molecule has 168 valence electrons. The van der Waals surface area contributed by atoms with Crippen molar-refractivity contribution in [3.05, 3.63) is 42.0 Å². The molecule has 0 aliphatic carbocycles. The Balaban J connectivity index is 1.68. The number of ether oxygens (including phenoxy) is 2. The summed E-state index contributed by atoms with van der Waals surface area (Å²) < 4.78 is 63.5. The molecule has 1 saturated heterocycles. The van der Waals surface area contributed by atoms with Gasteiger partial charge in [-0.25, -0.2) is 8.42 Å². The van der Waals surface area contributed by atoms with Crippen LogP contribution in [0.5, 0.6) is 11.5 Å². The van der Waals surface area contributed by atoms with Crippen LogP contribution in [0.3, 0.4) is 0 Å². The highest BCUT2D eigenvalue weighted by Gasteiger charge is 2.44. The smallest absolute Gasteiger partial charge is 0.395 e. The van der Waals surface area contributed by atoms with E-state index >= 15 is 0 Å². The molecule has 0 radical (unpaired) electrons. The van der Waals surface area contributed by atoms with Gasteiger partial charge in [0, 0.05) is 37.9 Å². The average molecular weight is 454 g/mol. The van der Waals surface area contributed by atoms with Gasteiger partial charge >= 0.3 is 6.29 Å². The number of nitrogens with zero attached hydrogens (tertiary/aromatic N) is 2. The van der Waals surface area contributed by atoms with Crippen molar-refractivity contribution in [3.8, 4) is 11.5 Å². The molecule has 2 aliphatic rings. The lowest BCUT2D eigenvalue weighted by Gasteiger charge is -2.28. The van der Waals surface area contributed by atoms with Gasteiger partial charge in [0.1, 0.15) is 0 Å². The van der Waals surface area contributed by atoms with Gasteiger partial charge in [-0.05, 0) is 56.6 Å². The van der Waals surface area contributed by atoms with Gasteiger partial charge in [-0.1, -0.05) is 6.07 Å². The summed E-state index contributed by atoms with van der Waals surface area (Å²) in [6.07, 6.45) is -2.80. The number of rotatable bonds is 5. The van der Waals surface area contributed by atoms with Gasteiger partial charge in [0.25, 0.3) is 10.0 Å². The number of alkyl halides is 2. The number of benzene rings is 2. The van der Waals surface area contributed by atoms with Gasteiger partial charge in [0.2, 0.25) is 0 Å². The third kappa shape index (κ3) is 4.27. The summed E-state index contributed by atoms with van der Waals surface area (Å²) in [6, 6.07) is 9.05. The number of aryl methyl sites for hydroxylation is 1. The molecule has 0 aromatic heterocycles. The van der Waals surface area contributed by atoms with Gasteiger partial charge in [0.05, 0.1) is 10.6 Å². The third-order valence-corrected chi connectivity index (χ3v) is 7.31. The summed E-state index contributed by atoms with van der Waals surface area (Å²) in [5, 5.41) is 3.36. The molecule has 31 heavy (non-hydrogen) atoms. The van der Waals surface area contributed by atoms with Crippen LogP contribution >= 0.6 is 0 Å². The molecular formula is C21H25F2N3O4S. The van der Waals surface area contributed by atoms with E-state index in [9.17, 15) is 17.2 Å². The molecule has 4 rings (SSSR count). The van der Waals surface area contributed by atoms with Crippen LogP contribution in [0.25, 0.3) is 0 Å². The lowest BCUT2D eigenvalue weighted by molar-refractivity contribution is -0.286. The van der Waals surface area contributed by atoms with Gasteiger partial charge in [-0.3, -0.25) is 4.31 Å². The summed E-state index contributed by atoms with van der Waals surface area (Å²) in [4.78, 5) is 2.11. The Labute approximate surface area is 180 Å². The van der Waals surface area contributed by atoms with Crippen molar-refractivity contribution in [1.82, 2.24) is 5.32 Å². The highest BCUT2D eigenvalue weighted by atomic mass is 32.2. The number of nitrogens with one attached hydrogen (secondary N) is 1. The van der Waals surface area contributed by atoms with Crippen LogP contribution in [0.4, 0.5) is 20.2 Å². The van der Waals surface area contributed by atoms with Crippen LogP contribution in [-0.4, -0.2) is 47.4 Å². The van der Waals surface area contributed by atoms with Crippen LogP contribution in [-0.2, 0) is 10.0 Å². The Morgan fingerprint density at radius 2 is 1.87 bits per heavy atom. The summed E-state index contributed by atoms with van der Waals surface area (Å²) in [5.74, 6) is -0.497. The number of sulfonamides is 1. The molecule has 1 N–H and O–H groups in total. The first-order valence-corrected chi connectivity index (χ1v) is 11.6. The molecule has 2 aromatic carbocycles. The molecule has 0 atom stereocenters. The summed E-state index contributed by atoms with van der Waals surface area (Å²) in [7, 11) is -4.01. The minimum atomic E-state index is -4.01. The van der Waals surface area contributed by atoms with Gasteiger partial charge < -0.3 is 19.7 Å². The predicted molar refractivity (Wildman–Crippen MR) is 114 cm³/mol. The molecule has 0 amide bonds. The van der Waals surface area contributed by atoms with Gasteiger partial charge in [0.15, 0.2) is 11.5 Å². The largest absolute Gasteiger partial charge is 0.586 e. The topological polar surface area (TPSA) is 71.1 Å². The van der Waals surface area contributed by atoms with E-state index in [1.165, 1.54) is 16.4 Å². The quantitative estimate of drug-likeness (QED) is 0.749. The number of fused-ring (bicyclic) bond motifs is 1. The van der Waals surface area contributed by atoms with E-state index in [4.69, 9.17) is 0 Å². The zero-order valence-electron chi connectivity index (χ0n) is 17.4. The maximum Gasteiger partial charge on any atom is 0.586 e. The summed E-state index contributed by atoms with van der Waals surface area (Å²) in [6.45, 7) is 7.44. The second-order valence-corrected chi connectivity index (χ2v) is 9.37. The highest BCUT2D eigenvalue weighted by molar-refractivity contribution is 7.92. The minimum Gasteiger partial charge on any atom is -0.395 e. The number of hydrogen-bond acceptors (Lipinski definition) is 6. The van der Waals surface area contributed by atoms with Gasteiger partial charge in [-0.2, -0.15) is 0 Å². The lowest BCUT2D eigenvalue weighted by atomic mass is 10.1. The molecule has 0 unspecified atom stereocenters. The Hall–Kier alpha value is -2.59. The van der Waals surface area contributed by atoms with Crippen molar-refractivity contribution in [2.75, 3.05) is 41.9 Å². The van der Waals surface area contributed by atoms with E-state index in [1.807, 2.05) is 19.1 Å². The fraction of sp³-hybridized carbons (Fsp3) is 0.429.